The molecule has 0 bridgehead atoms. The zero-order valence-electron chi connectivity index (χ0n) is 4.88. The van der Waals surface area contributed by atoms with Crippen LogP contribution in [0.3, 0.4) is 0 Å². The molecular weight excluding hydrogens is 102 g/mol. The first-order chi connectivity index (χ1) is 3.92. The van der Waals surface area contributed by atoms with Crippen LogP contribution in [-0.2, 0) is 0 Å². The molecule has 2 aliphatic rings. The average molecular weight is 113 g/mol. The van der Waals surface area contributed by atoms with Crippen LogP contribution in [0.4, 0.5) is 0 Å². The van der Waals surface area contributed by atoms with Gasteiger partial charge < -0.3 is 5.11 Å². The van der Waals surface area contributed by atoms with E-state index in [9.17, 15) is 0 Å². The number of fused-ring (bicyclic) bond motifs is 1. The highest BCUT2D eigenvalue weighted by atomic mass is 16.3. The third-order valence-corrected chi connectivity index (χ3v) is 2.41. The predicted molar refractivity (Wildman–Crippen MR) is 30.6 cm³/mol. The van der Waals surface area contributed by atoms with Crippen molar-refractivity contribution >= 4 is 0 Å². The average Bonchev–Trinajstić information content (AvgIpc) is 1.76. The molecule has 2 rings (SSSR count). The molecule has 1 N–H and O–H groups in total. The number of hydrogen-bond donors (Lipinski definition) is 1. The second kappa shape index (κ2) is 1.45. The lowest BCUT2D eigenvalue weighted by Gasteiger charge is -2.56. The van der Waals surface area contributed by atoms with Gasteiger partial charge in [-0.2, -0.15) is 0 Å². The maximum Gasteiger partial charge on any atom is 0.0587 e. The minimum absolute atomic E-state index is 0.372. The Balaban J connectivity index is 1.89. The molecule has 8 heavy (non-hydrogen) atoms. The molecule has 0 amide bonds. The predicted octanol–water partition coefficient (Wildman–Crippen LogP) is -0.175. The lowest BCUT2D eigenvalue weighted by atomic mass is 9.83. The number of aliphatic hydroxyl groups is 1. The number of piperidine rings is 1. The van der Waals surface area contributed by atoms with Crippen LogP contribution >= 0.6 is 0 Å². The van der Waals surface area contributed by atoms with Gasteiger partial charge in [0.1, 0.15) is 0 Å². The van der Waals surface area contributed by atoms with E-state index >= 15 is 0 Å². The Hall–Kier alpha value is -0.0800. The standard InChI is InChI=1S/C6H11NO/c8-4-6-3-5-1-2-7(5)6/h5-6,8H,1-4H2. The molecule has 2 fully saturated rings. The molecule has 2 atom stereocenters. The Morgan fingerprint density at radius 1 is 1.62 bits per heavy atom. The summed E-state index contributed by atoms with van der Waals surface area (Å²) in [6, 6.07) is 1.40. The summed E-state index contributed by atoms with van der Waals surface area (Å²) < 4.78 is 0. The Bertz CT molecular complexity index is 103. The van der Waals surface area contributed by atoms with E-state index in [1.165, 1.54) is 19.4 Å². The summed E-state index contributed by atoms with van der Waals surface area (Å²) in [4.78, 5) is 2.38. The van der Waals surface area contributed by atoms with Crippen molar-refractivity contribution in [3.63, 3.8) is 0 Å². The first-order valence-corrected chi connectivity index (χ1v) is 3.28. The molecule has 0 radical (unpaired) electrons. The van der Waals surface area contributed by atoms with Crippen LogP contribution < -0.4 is 0 Å². The van der Waals surface area contributed by atoms with Gasteiger partial charge in [0, 0.05) is 18.6 Å². The SMILES string of the molecule is OCC1CC2CCN12. The Morgan fingerprint density at radius 3 is 2.62 bits per heavy atom. The van der Waals surface area contributed by atoms with E-state index in [2.05, 4.69) is 4.90 Å². The lowest BCUT2D eigenvalue weighted by molar-refractivity contribution is -0.0850. The lowest BCUT2D eigenvalue weighted by Crippen LogP contribution is -2.65. The normalized spacial score (nSPS) is 44.6. The molecular formula is C6H11NO. The van der Waals surface area contributed by atoms with Crippen molar-refractivity contribution < 1.29 is 5.11 Å². The van der Waals surface area contributed by atoms with Gasteiger partial charge in [-0.1, -0.05) is 0 Å². The monoisotopic (exact) mass is 113 g/mol. The largest absolute Gasteiger partial charge is 0.395 e. The fraction of sp³-hybridized carbons (Fsp3) is 1.00. The minimum Gasteiger partial charge on any atom is -0.395 e. The molecule has 2 heteroatoms. The molecule has 0 aliphatic carbocycles. The van der Waals surface area contributed by atoms with Crippen LogP contribution in [0.15, 0.2) is 0 Å². The molecule has 0 aromatic heterocycles. The zero-order valence-corrected chi connectivity index (χ0v) is 4.88. The van der Waals surface area contributed by atoms with E-state index < -0.39 is 0 Å². The summed E-state index contributed by atoms with van der Waals surface area (Å²) in [5.74, 6) is 0. The van der Waals surface area contributed by atoms with Crippen LogP contribution in [0, 0.1) is 0 Å². The van der Waals surface area contributed by atoms with Gasteiger partial charge in [0.15, 0.2) is 0 Å². The Morgan fingerprint density at radius 2 is 2.50 bits per heavy atom. The second-order valence-electron chi connectivity index (χ2n) is 2.75. The number of aliphatic hydroxyl groups excluding tert-OH is 1. The van der Waals surface area contributed by atoms with Crippen molar-refractivity contribution in [2.45, 2.75) is 24.9 Å². The molecule has 0 saturated carbocycles. The van der Waals surface area contributed by atoms with Crippen LogP contribution in [0.5, 0.6) is 0 Å². The van der Waals surface area contributed by atoms with Gasteiger partial charge >= 0.3 is 0 Å². The van der Waals surface area contributed by atoms with E-state index in [1.807, 2.05) is 0 Å². The van der Waals surface area contributed by atoms with Crippen LogP contribution in [0.25, 0.3) is 0 Å². The van der Waals surface area contributed by atoms with Crippen LogP contribution in [0.1, 0.15) is 12.8 Å². The van der Waals surface area contributed by atoms with Gasteiger partial charge in [-0.25, -0.2) is 0 Å². The highest BCUT2D eigenvalue weighted by Gasteiger charge is 2.43. The topological polar surface area (TPSA) is 23.5 Å². The fourth-order valence-corrected chi connectivity index (χ4v) is 1.69. The molecule has 2 aliphatic heterocycles. The van der Waals surface area contributed by atoms with E-state index in [4.69, 9.17) is 5.11 Å². The molecule has 0 aromatic carbocycles. The maximum absolute atomic E-state index is 8.67. The summed E-state index contributed by atoms with van der Waals surface area (Å²) in [6.45, 7) is 1.60. The zero-order chi connectivity index (χ0) is 5.56. The van der Waals surface area contributed by atoms with E-state index in [-0.39, 0.29) is 0 Å². The van der Waals surface area contributed by atoms with Crippen LogP contribution in [-0.4, -0.2) is 35.2 Å². The highest BCUT2D eigenvalue weighted by molar-refractivity contribution is 4.99. The molecule has 2 unspecified atom stereocenters. The van der Waals surface area contributed by atoms with Gasteiger partial charge in [0.25, 0.3) is 0 Å². The molecule has 0 spiro atoms. The molecule has 2 heterocycles. The smallest absolute Gasteiger partial charge is 0.0587 e. The van der Waals surface area contributed by atoms with Gasteiger partial charge in [0.05, 0.1) is 6.61 Å². The fourth-order valence-electron chi connectivity index (χ4n) is 1.69. The molecule has 2 nitrogen and oxygen atoms in total. The molecule has 0 aromatic rings. The van der Waals surface area contributed by atoms with Gasteiger partial charge in [-0.05, 0) is 12.8 Å². The Kier molecular flexibility index (Phi) is 0.866. The second-order valence-corrected chi connectivity index (χ2v) is 2.75. The summed E-state index contributed by atoms with van der Waals surface area (Å²) in [7, 11) is 0. The molecule has 2 saturated heterocycles. The highest BCUT2D eigenvalue weighted by Crippen LogP contribution is 2.35. The number of rotatable bonds is 1. The van der Waals surface area contributed by atoms with Crippen molar-refractivity contribution in [3.8, 4) is 0 Å². The third kappa shape index (κ3) is 0.400. The Labute approximate surface area is 49.1 Å². The van der Waals surface area contributed by atoms with Gasteiger partial charge in [-0.3, -0.25) is 4.90 Å². The van der Waals surface area contributed by atoms with Crippen molar-refractivity contribution in [2.75, 3.05) is 13.2 Å². The summed E-state index contributed by atoms with van der Waals surface area (Å²) in [6.07, 6.45) is 2.62. The van der Waals surface area contributed by atoms with Crippen molar-refractivity contribution in [1.82, 2.24) is 4.90 Å². The van der Waals surface area contributed by atoms with Crippen LogP contribution in [0.2, 0.25) is 0 Å². The van der Waals surface area contributed by atoms with Gasteiger partial charge in [0.2, 0.25) is 0 Å². The van der Waals surface area contributed by atoms with E-state index in [1.54, 1.807) is 0 Å². The quantitative estimate of drug-likeness (QED) is 0.510. The maximum atomic E-state index is 8.67. The van der Waals surface area contributed by atoms with E-state index in [0.29, 0.717) is 12.6 Å². The van der Waals surface area contributed by atoms with Crippen molar-refractivity contribution in [3.05, 3.63) is 0 Å². The number of hydrogen-bond acceptors (Lipinski definition) is 2. The van der Waals surface area contributed by atoms with E-state index in [0.717, 1.165) is 6.04 Å². The van der Waals surface area contributed by atoms with Gasteiger partial charge in [-0.15, -0.1) is 0 Å². The summed E-state index contributed by atoms with van der Waals surface area (Å²) in [5, 5.41) is 8.67. The minimum atomic E-state index is 0.372. The summed E-state index contributed by atoms with van der Waals surface area (Å²) >= 11 is 0. The van der Waals surface area contributed by atoms with Crippen molar-refractivity contribution in [2.24, 2.45) is 0 Å². The third-order valence-electron chi connectivity index (χ3n) is 2.41. The molecule has 46 valence electrons. The first kappa shape index (κ1) is 4.77. The number of nitrogens with zero attached hydrogens (tertiary/aromatic N) is 1. The summed E-state index contributed by atoms with van der Waals surface area (Å²) in [5.41, 5.74) is 0. The van der Waals surface area contributed by atoms with Crippen molar-refractivity contribution in [1.29, 1.82) is 0 Å². The first-order valence-electron chi connectivity index (χ1n) is 3.28.